The Hall–Kier alpha value is -2.31. The summed E-state index contributed by atoms with van der Waals surface area (Å²) in [5.74, 6) is -1.69. The minimum absolute atomic E-state index is 0.126. The van der Waals surface area contributed by atoms with Gasteiger partial charge in [-0.3, -0.25) is 4.79 Å². The summed E-state index contributed by atoms with van der Waals surface area (Å²) in [4.78, 5) is 11.5. The number of rotatable bonds is 8. The lowest BCUT2D eigenvalue weighted by Gasteiger charge is -2.24. The lowest BCUT2D eigenvalue weighted by atomic mass is 10.0. The number of hydrogen-bond acceptors (Lipinski definition) is 3. The fraction of sp³-hybridized carbons (Fsp3) is 0.381. The van der Waals surface area contributed by atoms with Crippen molar-refractivity contribution in [1.82, 2.24) is 10.6 Å². The molecule has 0 aromatic heterocycles. The molecule has 146 valence electrons. The highest BCUT2D eigenvalue weighted by Gasteiger charge is 2.21. The predicted molar refractivity (Wildman–Crippen MR) is 101 cm³/mol. The second-order valence-electron chi connectivity index (χ2n) is 6.92. The zero-order valence-electron chi connectivity index (χ0n) is 15.9. The molecule has 0 saturated heterocycles. The average molecular weight is 376 g/mol. The van der Waals surface area contributed by atoms with Gasteiger partial charge in [-0.15, -0.1) is 0 Å². The summed E-state index contributed by atoms with van der Waals surface area (Å²) < 4.78 is 26.8. The third-order valence-electron chi connectivity index (χ3n) is 4.40. The van der Waals surface area contributed by atoms with Gasteiger partial charge in [0.2, 0.25) is 5.91 Å². The van der Waals surface area contributed by atoms with E-state index in [1.807, 2.05) is 26.0 Å². The first-order chi connectivity index (χ1) is 12.7. The highest BCUT2D eigenvalue weighted by Crippen LogP contribution is 2.13. The third-order valence-corrected chi connectivity index (χ3v) is 4.40. The molecule has 0 saturated carbocycles. The number of aliphatic hydroxyl groups excluding tert-OH is 1. The van der Waals surface area contributed by atoms with Crippen LogP contribution in [-0.2, 0) is 17.8 Å². The Bertz CT molecular complexity index is 775. The molecule has 0 radical (unpaired) electrons. The number of carbonyl (C=O) groups is 1. The molecular weight excluding hydrogens is 350 g/mol. The minimum Gasteiger partial charge on any atom is -0.390 e. The van der Waals surface area contributed by atoms with Gasteiger partial charge < -0.3 is 15.7 Å². The molecule has 0 aliphatic rings. The molecule has 2 atom stereocenters. The number of aliphatic hydroxyl groups is 1. The highest BCUT2D eigenvalue weighted by atomic mass is 19.1. The van der Waals surface area contributed by atoms with Gasteiger partial charge in [0, 0.05) is 26.1 Å². The smallest absolute Gasteiger partial charge is 0.217 e. The van der Waals surface area contributed by atoms with E-state index < -0.39 is 23.8 Å². The molecule has 6 heteroatoms. The maximum Gasteiger partial charge on any atom is 0.217 e. The molecular formula is C21H26F2N2O2. The lowest BCUT2D eigenvalue weighted by molar-refractivity contribution is -0.120. The van der Waals surface area contributed by atoms with Crippen molar-refractivity contribution in [3.8, 4) is 0 Å². The lowest BCUT2D eigenvalue weighted by Crippen LogP contribution is -2.48. The van der Waals surface area contributed by atoms with Crippen LogP contribution in [0.25, 0.3) is 0 Å². The molecule has 2 rings (SSSR count). The summed E-state index contributed by atoms with van der Waals surface area (Å²) in [7, 11) is 0. The van der Waals surface area contributed by atoms with E-state index in [-0.39, 0.29) is 18.9 Å². The summed E-state index contributed by atoms with van der Waals surface area (Å²) in [5, 5.41) is 16.3. The van der Waals surface area contributed by atoms with E-state index >= 15 is 0 Å². The van der Waals surface area contributed by atoms with Crippen LogP contribution in [0.1, 0.15) is 29.2 Å². The molecule has 4 nitrogen and oxygen atoms in total. The molecule has 0 bridgehead atoms. The van der Waals surface area contributed by atoms with Crippen LogP contribution in [-0.4, -0.2) is 29.7 Å². The number of halogens is 2. The quantitative estimate of drug-likeness (QED) is 0.664. The first-order valence-corrected chi connectivity index (χ1v) is 8.91. The van der Waals surface area contributed by atoms with E-state index in [1.54, 1.807) is 0 Å². The number of benzene rings is 2. The van der Waals surface area contributed by atoms with Crippen molar-refractivity contribution in [2.75, 3.05) is 6.54 Å². The first-order valence-electron chi connectivity index (χ1n) is 8.91. The molecule has 1 amide bonds. The Kier molecular flexibility index (Phi) is 7.45. The predicted octanol–water partition coefficient (Wildman–Crippen LogP) is 2.78. The number of aryl methyl sites for hydroxylation is 2. The van der Waals surface area contributed by atoms with Crippen LogP contribution in [0.2, 0.25) is 0 Å². The van der Waals surface area contributed by atoms with Gasteiger partial charge in [0.05, 0.1) is 12.1 Å². The van der Waals surface area contributed by atoms with E-state index in [4.69, 9.17) is 0 Å². The molecule has 0 fully saturated rings. The van der Waals surface area contributed by atoms with Gasteiger partial charge in [0.25, 0.3) is 0 Å². The summed E-state index contributed by atoms with van der Waals surface area (Å²) in [5.41, 5.74) is 3.81. The molecule has 0 spiro atoms. The van der Waals surface area contributed by atoms with Gasteiger partial charge in [-0.1, -0.05) is 23.8 Å². The highest BCUT2D eigenvalue weighted by molar-refractivity contribution is 5.73. The maximum absolute atomic E-state index is 13.4. The molecule has 0 aliphatic heterocycles. The van der Waals surface area contributed by atoms with Crippen LogP contribution < -0.4 is 10.6 Å². The van der Waals surface area contributed by atoms with Gasteiger partial charge in [-0.25, -0.2) is 8.78 Å². The molecule has 2 aromatic rings. The van der Waals surface area contributed by atoms with Crippen molar-refractivity contribution in [2.24, 2.45) is 0 Å². The number of nitrogens with one attached hydrogen (secondary N) is 2. The summed E-state index contributed by atoms with van der Waals surface area (Å²) in [6.45, 7) is 6.19. The van der Waals surface area contributed by atoms with Gasteiger partial charge in [0.15, 0.2) is 0 Å². The molecule has 0 heterocycles. The monoisotopic (exact) mass is 376 g/mol. The SMILES string of the molecule is CC(=O)NC(Cc1cc(F)cc(F)c1)C(O)CNCc1cc(C)ccc1C. The van der Waals surface area contributed by atoms with Crippen molar-refractivity contribution in [2.45, 2.75) is 45.9 Å². The fourth-order valence-electron chi connectivity index (χ4n) is 3.01. The summed E-state index contributed by atoms with van der Waals surface area (Å²) >= 11 is 0. The Morgan fingerprint density at radius 3 is 2.41 bits per heavy atom. The van der Waals surface area contributed by atoms with Crippen molar-refractivity contribution in [1.29, 1.82) is 0 Å². The minimum atomic E-state index is -0.912. The van der Waals surface area contributed by atoms with Gasteiger partial charge in [-0.2, -0.15) is 0 Å². The van der Waals surface area contributed by atoms with E-state index in [0.29, 0.717) is 12.1 Å². The molecule has 2 aromatic carbocycles. The molecule has 3 N–H and O–H groups in total. The summed E-state index contributed by atoms with van der Waals surface area (Å²) in [6.07, 6.45) is -0.786. The van der Waals surface area contributed by atoms with Gasteiger partial charge >= 0.3 is 0 Å². The van der Waals surface area contributed by atoms with Crippen LogP contribution in [0.5, 0.6) is 0 Å². The van der Waals surface area contributed by atoms with Crippen molar-refractivity contribution >= 4 is 5.91 Å². The van der Waals surface area contributed by atoms with Crippen LogP contribution in [0.4, 0.5) is 8.78 Å². The topological polar surface area (TPSA) is 61.4 Å². The number of amides is 1. The third kappa shape index (κ3) is 6.73. The second-order valence-corrected chi connectivity index (χ2v) is 6.92. The molecule has 0 aliphatic carbocycles. The largest absolute Gasteiger partial charge is 0.390 e. The Morgan fingerprint density at radius 2 is 1.78 bits per heavy atom. The number of carbonyl (C=O) groups excluding carboxylic acids is 1. The van der Waals surface area contributed by atoms with E-state index in [2.05, 4.69) is 16.7 Å². The second kappa shape index (κ2) is 9.58. The van der Waals surface area contributed by atoms with Crippen LogP contribution in [0, 0.1) is 25.5 Å². The Balaban J connectivity index is 2.00. The van der Waals surface area contributed by atoms with E-state index in [1.165, 1.54) is 19.1 Å². The zero-order chi connectivity index (χ0) is 20.0. The molecule has 27 heavy (non-hydrogen) atoms. The standard InChI is InChI=1S/C21H26F2N2O2/c1-13-4-5-14(2)17(6-13)11-24-12-21(27)20(25-15(3)26)9-16-7-18(22)10-19(23)8-16/h4-8,10,20-21,24,27H,9,11-12H2,1-3H3,(H,25,26). The Morgan fingerprint density at radius 1 is 1.11 bits per heavy atom. The average Bonchev–Trinajstić information content (AvgIpc) is 2.56. The zero-order valence-corrected chi connectivity index (χ0v) is 15.9. The Labute approximate surface area is 158 Å². The molecule has 2 unspecified atom stereocenters. The maximum atomic E-state index is 13.4. The van der Waals surface area contributed by atoms with Crippen LogP contribution in [0.15, 0.2) is 36.4 Å². The van der Waals surface area contributed by atoms with Gasteiger partial charge in [-0.05, 0) is 49.1 Å². The normalized spacial score (nSPS) is 13.3. The van der Waals surface area contributed by atoms with Crippen molar-refractivity contribution in [3.63, 3.8) is 0 Å². The first kappa shape index (κ1) is 21.0. The van der Waals surface area contributed by atoms with Crippen LogP contribution in [0.3, 0.4) is 0 Å². The van der Waals surface area contributed by atoms with Crippen molar-refractivity contribution < 1.29 is 18.7 Å². The van der Waals surface area contributed by atoms with E-state index in [9.17, 15) is 18.7 Å². The van der Waals surface area contributed by atoms with Crippen molar-refractivity contribution in [3.05, 3.63) is 70.3 Å². The fourth-order valence-corrected chi connectivity index (χ4v) is 3.01. The van der Waals surface area contributed by atoms with E-state index in [0.717, 1.165) is 22.8 Å². The van der Waals surface area contributed by atoms with Gasteiger partial charge in [0.1, 0.15) is 11.6 Å². The van der Waals surface area contributed by atoms with Crippen LogP contribution >= 0.6 is 0 Å². The number of hydrogen-bond donors (Lipinski definition) is 3. The summed E-state index contributed by atoms with van der Waals surface area (Å²) in [6, 6.07) is 8.70.